The second kappa shape index (κ2) is 5.78. The SMILES string of the molecule is Cc1cccc(CC(=O)Nc2ccc(C#N)cn2)c1. The van der Waals surface area contributed by atoms with Crippen LogP contribution in [0.3, 0.4) is 0 Å². The van der Waals surface area contributed by atoms with Gasteiger partial charge in [0.1, 0.15) is 11.9 Å². The van der Waals surface area contributed by atoms with Crippen LogP contribution in [0, 0.1) is 18.3 Å². The van der Waals surface area contributed by atoms with Gasteiger partial charge in [-0.2, -0.15) is 5.26 Å². The second-order valence-electron chi connectivity index (χ2n) is 4.26. The predicted molar refractivity (Wildman–Crippen MR) is 72.5 cm³/mol. The molecule has 0 aliphatic rings. The van der Waals surface area contributed by atoms with Crippen LogP contribution in [0.15, 0.2) is 42.6 Å². The smallest absolute Gasteiger partial charge is 0.229 e. The number of pyridine rings is 1. The molecule has 1 N–H and O–H groups in total. The van der Waals surface area contributed by atoms with Gasteiger partial charge < -0.3 is 5.32 Å². The minimum atomic E-state index is -0.122. The Bertz CT molecular complexity index is 627. The van der Waals surface area contributed by atoms with Crippen LogP contribution in [-0.4, -0.2) is 10.9 Å². The van der Waals surface area contributed by atoms with Crippen molar-refractivity contribution in [2.45, 2.75) is 13.3 Å². The Kier molecular flexibility index (Phi) is 3.89. The van der Waals surface area contributed by atoms with Gasteiger partial charge in [-0.25, -0.2) is 4.98 Å². The van der Waals surface area contributed by atoms with Gasteiger partial charge in [0, 0.05) is 6.20 Å². The normalized spacial score (nSPS) is 9.68. The molecule has 0 atom stereocenters. The molecule has 1 heterocycles. The number of hydrogen-bond acceptors (Lipinski definition) is 3. The molecule has 2 rings (SSSR count). The molecule has 0 aliphatic carbocycles. The zero-order valence-corrected chi connectivity index (χ0v) is 10.6. The maximum Gasteiger partial charge on any atom is 0.229 e. The second-order valence-corrected chi connectivity index (χ2v) is 4.26. The number of amides is 1. The zero-order chi connectivity index (χ0) is 13.7. The number of rotatable bonds is 3. The van der Waals surface area contributed by atoms with Crippen LogP contribution in [-0.2, 0) is 11.2 Å². The Morgan fingerprint density at radius 2 is 2.21 bits per heavy atom. The van der Waals surface area contributed by atoms with E-state index < -0.39 is 0 Å². The van der Waals surface area contributed by atoms with Crippen molar-refractivity contribution in [3.05, 3.63) is 59.3 Å². The zero-order valence-electron chi connectivity index (χ0n) is 10.6. The lowest BCUT2D eigenvalue weighted by atomic mass is 10.1. The van der Waals surface area contributed by atoms with E-state index in [0.29, 0.717) is 17.8 Å². The van der Waals surface area contributed by atoms with Gasteiger partial charge in [0.05, 0.1) is 12.0 Å². The van der Waals surface area contributed by atoms with Crippen LogP contribution in [0.5, 0.6) is 0 Å². The quantitative estimate of drug-likeness (QED) is 0.911. The average Bonchev–Trinajstić information content (AvgIpc) is 2.39. The number of nitriles is 1. The highest BCUT2D eigenvalue weighted by molar-refractivity contribution is 5.91. The highest BCUT2D eigenvalue weighted by Crippen LogP contribution is 2.08. The molecule has 0 fully saturated rings. The number of carbonyl (C=O) groups is 1. The number of nitrogens with zero attached hydrogens (tertiary/aromatic N) is 2. The van der Waals surface area contributed by atoms with Crippen LogP contribution in [0.25, 0.3) is 0 Å². The average molecular weight is 251 g/mol. The van der Waals surface area contributed by atoms with Gasteiger partial charge in [0.2, 0.25) is 5.91 Å². The minimum absolute atomic E-state index is 0.122. The lowest BCUT2D eigenvalue weighted by molar-refractivity contribution is -0.115. The summed E-state index contributed by atoms with van der Waals surface area (Å²) in [6.45, 7) is 1.99. The largest absolute Gasteiger partial charge is 0.310 e. The molecule has 1 amide bonds. The maximum atomic E-state index is 11.8. The third-order valence-electron chi connectivity index (χ3n) is 2.61. The Morgan fingerprint density at radius 1 is 1.37 bits per heavy atom. The summed E-state index contributed by atoms with van der Waals surface area (Å²) in [5, 5.41) is 11.4. The van der Waals surface area contributed by atoms with Crippen molar-refractivity contribution in [1.82, 2.24) is 4.98 Å². The van der Waals surface area contributed by atoms with E-state index in [1.54, 1.807) is 12.1 Å². The first-order valence-electron chi connectivity index (χ1n) is 5.89. The van der Waals surface area contributed by atoms with Crippen molar-refractivity contribution in [2.75, 3.05) is 5.32 Å². The van der Waals surface area contributed by atoms with E-state index in [4.69, 9.17) is 5.26 Å². The summed E-state index contributed by atoms with van der Waals surface area (Å²) in [6.07, 6.45) is 1.74. The van der Waals surface area contributed by atoms with Crippen LogP contribution in [0.4, 0.5) is 5.82 Å². The molecule has 1 aromatic heterocycles. The first-order valence-corrected chi connectivity index (χ1v) is 5.89. The molecule has 0 radical (unpaired) electrons. The summed E-state index contributed by atoms with van der Waals surface area (Å²) < 4.78 is 0. The van der Waals surface area contributed by atoms with Gasteiger partial charge in [-0.1, -0.05) is 29.8 Å². The molecular weight excluding hydrogens is 238 g/mol. The summed E-state index contributed by atoms with van der Waals surface area (Å²) in [5.74, 6) is 0.333. The number of benzene rings is 1. The van der Waals surface area contributed by atoms with E-state index in [1.165, 1.54) is 6.20 Å². The first-order chi connectivity index (χ1) is 9.17. The number of anilines is 1. The van der Waals surface area contributed by atoms with Crippen LogP contribution in [0.1, 0.15) is 16.7 Å². The fourth-order valence-electron chi connectivity index (χ4n) is 1.73. The molecule has 1 aromatic carbocycles. The van der Waals surface area contributed by atoms with Crippen molar-refractivity contribution in [1.29, 1.82) is 5.26 Å². The third-order valence-corrected chi connectivity index (χ3v) is 2.61. The molecule has 0 spiro atoms. The summed E-state index contributed by atoms with van der Waals surface area (Å²) >= 11 is 0. The van der Waals surface area contributed by atoms with E-state index in [2.05, 4.69) is 10.3 Å². The highest BCUT2D eigenvalue weighted by Gasteiger charge is 2.05. The molecule has 19 heavy (non-hydrogen) atoms. The van der Waals surface area contributed by atoms with Crippen LogP contribution in [0.2, 0.25) is 0 Å². The molecule has 0 saturated carbocycles. The summed E-state index contributed by atoms with van der Waals surface area (Å²) in [4.78, 5) is 15.8. The first kappa shape index (κ1) is 12.8. The fourth-order valence-corrected chi connectivity index (χ4v) is 1.73. The third kappa shape index (κ3) is 3.65. The minimum Gasteiger partial charge on any atom is -0.310 e. The summed E-state index contributed by atoms with van der Waals surface area (Å²) in [7, 11) is 0. The van der Waals surface area contributed by atoms with Crippen molar-refractivity contribution >= 4 is 11.7 Å². The van der Waals surface area contributed by atoms with Gasteiger partial charge in [-0.3, -0.25) is 4.79 Å². The molecular formula is C15H13N3O. The van der Waals surface area contributed by atoms with Crippen molar-refractivity contribution in [2.24, 2.45) is 0 Å². The van der Waals surface area contributed by atoms with Gasteiger partial charge in [0.25, 0.3) is 0 Å². The standard InChI is InChI=1S/C15H13N3O/c1-11-3-2-4-12(7-11)8-15(19)18-14-6-5-13(9-16)10-17-14/h2-7,10H,8H2,1H3,(H,17,18,19). The number of aryl methyl sites for hydroxylation is 1. The number of carbonyl (C=O) groups excluding carboxylic acids is 1. The molecule has 4 nitrogen and oxygen atoms in total. The van der Waals surface area contributed by atoms with Gasteiger partial charge in [0.15, 0.2) is 0 Å². The maximum absolute atomic E-state index is 11.8. The molecule has 94 valence electrons. The number of aromatic nitrogens is 1. The Hall–Kier alpha value is -2.67. The van der Waals surface area contributed by atoms with Gasteiger partial charge in [-0.05, 0) is 24.6 Å². The Morgan fingerprint density at radius 3 is 2.84 bits per heavy atom. The molecule has 0 bridgehead atoms. The van der Waals surface area contributed by atoms with Crippen molar-refractivity contribution < 1.29 is 4.79 Å². The lowest BCUT2D eigenvalue weighted by Gasteiger charge is -2.05. The van der Waals surface area contributed by atoms with Crippen molar-refractivity contribution in [3.8, 4) is 6.07 Å². The van der Waals surface area contributed by atoms with E-state index in [0.717, 1.165) is 11.1 Å². The van der Waals surface area contributed by atoms with Crippen molar-refractivity contribution in [3.63, 3.8) is 0 Å². The molecule has 2 aromatic rings. The van der Waals surface area contributed by atoms with Crippen LogP contribution >= 0.6 is 0 Å². The fraction of sp³-hybridized carbons (Fsp3) is 0.133. The number of nitrogens with one attached hydrogen (secondary N) is 1. The monoisotopic (exact) mass is 251 g/mol. The molecule has 4 heteroatoms. The summed E-state index contributed by atoms with van der Waals surface area (Å²) in [5.41, 5.74) is 2.56. The molecule has 0 unspecified atom stereocenters. The van der Waals surface area contributed by atoms with Gasteiger partial charge >= 0.3 is 0 Å². The predicted octanol–water partition coefficient (Wildman–Crippen LogP) is 2.44. The number of hydrogen-bond donors (Lipinski definition) is 1. The van der Waals surface area contributed by atoms with E-state index in [9.17, 15) is 4.79 Å². The Balaban J connectivity index is 1.99. The van der Waals surface area contributed by atoms with Gasteiger partial charge in [-0.15, -0.1) is 0 Å². The topological polar surface area (TPSA) is 65.8 Å². The summed E-state index contributed by atoms with van der Waals surface area (Å²) in [6, 6.07) is 13.0. The molecule has 0 aliphatic heterocycles. The van der Waals surface area contributed by atoms with Crippen LogP contribution < -0.4 is 5.32 Å². The van der Waals surface area contributed by atoms with E-state index in [-0.39, 0.29) is 5.91 Å². The Labute approximate surface area is 111 Å². The molecule has 0 saturated heterocycles. The van der Waals surface area contributed by atoms with E-state index >= 15 is 0 Å². The van der Waals surface area contributed by atoms with E-state index in [1.807, 2.05) is 37.3 Å². The lowest BCUT2D eigenvalue weighted by Crippen LogP contribution is -2.15. The highest BCUT2D eigenvalue weighted by atomic mass is 16.1.